The molecule has 6 heteroatoms. The van der Waals surface area contributed by atoms with Crippen molar-refractivity contribution in [3.8, 4) is 17.2 Å². The van der Waals surface area contributed by atoms with E-state index in [1.807, 2.05) is 24.3 Å². The number of benzene rings is 2. The van der Waals surface area contributed by atoms with Crippen molar-refractivity contribution in [2.24, 2.45) is 0 Å². The summed E-state index contributed by atoms with van der Waals surface area (Å²) >= 11 is 0. The highest BCUT2D eigenvalue weighted by molar-refractivity contribution is 6.04. The second kappa shape index (κ2) is 6.92. The van der Waals surface area contributed by atoms with Crippen LogP contribution in [0.2, 0.25) is 0 Å². The second-order valence-corrected chi connectivity index (χ2v) is 5.92. The molecule has 0 unspecified atom stereocenters. The van der Waals surface area contributed by atoms with Crippen molar-refractivity contribution in [3.63, 3.8) is 0 Å². The first kappa shape index (κ1) is 16.2. The third-order valence-corrected chi connectivity index (χ3v) is 4.13. The molecule has 0 atom stereocenters. The van der Waals surface area contributed by atoms with Gasteiger partial charge < -0.3 is 19.5 Å². The number of anilines is 1. The predicted octanol–water partition coefficient (Wildman–Crippen LogP) is 3.66. The van der Waals surface area contributed by atoms with Crippen LogP contribution < -0.4 is 19.5 Å². The maximum absolute atomic E-state index is 12.5. The maximum Gasteiger partial charge on any atom is 0.274 e. The lowest BCUT2D eigenvalue weighted by molar-refractivity contribution is 0.102. The van der Waals surface area contributed by atoms with Gasteiger partial charge in [-0.2, -0.15) is 0 Å². The highest BCUT2D eigenvalue weighted by atomic mass is 16.5. The van der Waals surface area contributed by atoms with Crippen LogP contribution in [0.25, 0.3) is 10.9 Å². The predicted molar refractivity (Wildman–Crippen MR) is 98.3 cm³/mol. The molecule has 26 heavy (non-hydrogen) atoms. The summed E-state index contributed by atoms with van der Waals surface area (Å²) < 4.78 is 16.5. The Bertz CT molecular complexity index is 971. The van der Waals surface area contributed by atoms with Gasteiger partial charge in [0.1, 0.15) is 11.4 Å². The Kier molecular flexibility index (Phi) is 4.31. The zero-order valence-corrected chi connectivity index (χ0v) is 14.3. The number of nitrogens with one attached hydrogen (secondary N) is 1. The molecule has 1 aliphatic heterocycles. The number of fused-ring (bicyclic) bond motifs is 2. The molecule has 1 aromatic heterocycles. The lowest BCUT2D eigenvalue weighted by Crippen LogP contribution is -2.13. The summed E-state index contributed by atoms with van der Waals surface area (Å²) in [5, 5.41) is 3.77. The second-order valence-electron chi connectivity index (χ2n) is 5.92. The number of carbonyl (C=O) groups is 1. The molecule has 2 aromatic carbocycles. The molecule has 0 radical (unpaired) electrons. The molecule has 0 fully saturated rings. The van der Waals surface area contributed by atoms with Crippen molar-refractivity contribution in [1.29, 1.82) is 0 Å². The van der Waals surface area contributed by atoms with Crippen molar-refractivity contribution >= 4 is 22.5 Å². The average Bonchev–Trinajstić information content (AvgIpc) is 2.92. The Labute approximate surface area is 150 Å². The third kappa shape index (κ3) is 3.26. The normalized spacial score (nSPS) is 13.1. The number of ether oxygens (including phenoxy) is 3. The van der Waals surface area contributed by atoms with E-state index in [0.29, 0.717) is 36.1 Å². The molecule has 1 aliphatic rings. The quantitative estimate of drug-likeness (QED) is 0.781. The van der Waals surface area contributed by atoms with Gasteiger partial charge in [0, 0.05) is 23.6 Å². The highest BCUT2D eigenvalue weighted by Crippen LogP contribution is 2.32. The number of hydrogen-bond donors (Lipinski definition) is 1. The minimum absolute atomic E-state index is 0.280. The van der Waals surface area contributed by atoms with E-state index in [9.17, 15) is 4.79 Å². The van der Waals surface area contributed by atoms with E-state index in [2.05, 4.69) is 10.3 Å². The minimum atomic E-state index is -0.280. The van der Waals surface area contributed by atoms with Crippen LogP contribution in [0.1, 0.15) is 16.9 Å². The van der Waals surface area contributed by atoms with Gasteiger partial charge in [0.25, 0.3) is 5.91 Å². The molecule has 0 spiro atoms. The van der Waals surface area contributed by atoms with E-state index in [0.717, 1.165) is 23.1 Å². The molecule has 0 bridgehead atoms. The van der Waals surface area contributed by atoms with Gasteiger partial charge in [-0.15, -0.1) is 0 Å². The lowest BCUT2D eigenvalue weighted by Gasteiger charge is -2.10. The summed E-state index contributed by atoms with van der Waals surface area (Å²) in [7, 11) is 1.62. The van der Waals surface area contributed by atoms with Gasteiger partial charge >= 0.3 is 0 Å². The van der Waals surface area contributed by atoms with Crippen molar-refractivity contribution in [2.45, 2.75) is 6.42 Å². The molecule has 0 aliphatic carbocycles. The minimum Gasteiger partial charge on any atom is -0.497 e. The molecular weight excluding hydrogens is 332 g/mol. The largest absolute Gasteiger partial charge is 0.497 e. The molecule has 0 saturated heterocycles. The summed E-state index contributed by atoms with van der Waals surface area (Å²) in [6.07, 6.45) is 0.835. The van der Waals surface area contributed by atoms with E-state index in [1.165, 1.54) is 0 Å². The standard InChI is InChI=1S/C20H18N2O4/c1-24-15-5-7-16-13(11-15)3-6-17(22-16)20(23)21-14-4-8-18-19(12-14)26-10-2-9-25-18/h3-8,11-12H,2,9-10H2,1H3,(H,21,23). The van der Waals surface area contributed by atoms with Gasteiger partial charge in [0.15, 0.2) is 11.5 Å². The van der Waals surface area contributed by atoms with Crippen LogP contribution in [0, 0.1) is 0 Å². The number of amides is 1. The fourth-order valence-electron chi connectivity index (χ4n) is 2.79. The van der Waals surface area contributed by atoms with Gasteiger partial charge in [0.05, 0.1) is 25.8 Å². The lowest BCUT2D eigenvalue weighted by atomic mass is 10.2. The molecule has 6 nitrogen and oxygen atoms in total. The summed E-state index contributed by atoms with van der Waals surface area (Å²) in [6.45, 7) is 1.23. The number of carbonyl (C=O) groups excluding carboxylic acids is 1. The van der Waals surface area contributed by atoms with E-state index in [1.54, 1.807) is 31.4 Å². The first-order chi connectivity index (χ1) is 12.7. The summed E-state index contributed by atoms with van der Waals surface area (Å²) in [5.41, 5.74) is 1.71. The van der Waals surface area contributed by atoms with Crippen LogP contribution in [0.5, 0.6) is 17.2 Å². The molecule has 132 valence electrons. The van der Waals surface area contributed by atoms with Gasteiger partial charge in [-0.25, -0.2) is 4.98 Å². The number of nitrogens with zero attached hydrogens (tertiary/aromatic N) is 1. The van der Waals surface area contributed by atoms with E-state index >= 15 is 0 Å². The number of methoxy groups -OCH3 is 1. The van der Waals surface area contributed by atoms with Crippen molar-refractivity contribution in [3.05, 3.63) is 54.2 Å². The number of rotatable bonds is 3. The Balaban J connectivity index is 1.56. The van der Waals surface area contributed by atoms with Crippen LogP contribution in [0.3, 0.4) is 0 Å². The Morgan fingerprint density at radius 2 is 1.88 bits per heavy atom. The van der Waals surface area contributed by atoms with E-state index < -0.39 is 0 Å². The Morgan fingerprint density at radius 1 is 1.04 bits per heavy atom. The molecule has 2 heterocycles. The zero-order valence-electron chi connectivity index (χ0n) is 14.3. The number of pyridine rings is 1. The fraction of sp³-hybridized carbons (Fsp3) is 0.200. The van der Waals surface area contributed by atoms with Crippen molar-refractivity contribution < 1.29 is 19.0 Å². The summed E-state index contributed by atoms with van der Waals surface area (Å²) in [5.74, 6) is 1.80. The number of aromatic nitrogens is 1. The van der Waals surface area contributed by atoms with Gasteiger partial charge in [-0.05, 0) is 36.4 Å². The molecule has 1 amide bonds. The SMILES string of the molecule is COc1ccc2nc(C(=O)Nc3ccc4c(c3)OCCCO4)ccc2c1. The first-order valence-corrected chi connectivity index (χ1v) is 8.39. The molecular formula is C20H18N2O4. The Hall–Kier alpha value is -3.28. The highest BCUT2D eigenvalue weighted by Gasteiger charge is 2.13. The smallest absolute Gasteiger partial charge is 0.274 e. The number of hydrogen-bond acceptors (Lipinski definition) is 5. The van der Waals surface area contributed by atoms with Crippen LogP contribution in [0.15, 0.2) is 48.5 Å². The Morgan fingerprint density at radius 3 is 2.73 bits per heavy atom. The van der Waals surface area contributed by atoms with E-state index in [-0.39, 0.29) is 5.91 Å². The molecule has 4 rings (SSSR count). The maximum atomic E-state index is 12.5. The van der Waals surface area contributed by atoms with Crippen LogP contribution in [-0.4, -0.2) is 31.2 Å². The van der Waals surface area contributed by atoms with Crippen LogP contribution >= 0.6 is 0 Å². The van der Waals surface area contributed by atoms with Crippen LogP contribution in [-0.2, 0) is 0 Å². The average molecular weight is 350 g/mol. The topological polar surface area (TPSA) is 69.7 Å². The van der Waals surface area contributed by atoms with Crippen molar-refractivity contribution in [1.82, 2.24) is 4.98 Å². The van der Waals surface area contributed by atoms with Gasteiger partial charge in [-0.3, -0.25) is 4.79 Å². The third-order valence-electron chi connectivity index (χ3n) is 4.13. The first-order valence-electron chi connectivity index (χ1n) is 8.39. The fourth-order valence-corrected chi connectivity index (χ4v) is 2.79. The molecule has 0 saturated carbocycles. The zero-order chi connectivity index (χ0) is 17.9. The molecule has 1 N–H and O–H groups in total. The van der Waals surface area contributed by atoms with E-state index in [4.69, 9.17) is 14.2 Å². The van der Waals surface area contributed by atoms with Crippen LogP contribution in [0.4, 0.5) is 5.69 Å². The van der Waals surface area contributed by atoms with Gasteiger partial charge in [0.2, 0.25) is 0 Å². The summed E-state index contributed by atoms with van der Waals surface area (Å²) in [6, 6.07) is 14.4. The monoisotopic (exact) mass is 350 g/mol. The van der Waals surface area contributed by atoms with Crippen molar-refractivity contribution in [2.75, 3.05) is 25.6 Å². The summed E-state index contributed by atoms with van der Waals surface area (Å²) in [4.78, 5) is 17.0. The molecule has 3 aromatic rings. The van der Waals surface area contributed by atoms with Gasteiger partial charge in [-0.1, -0.05) is 6.07 Å².